The maximum Gasteiger partial charge on any atom is 0.227 e. The Labute approximate surface area is 122 Å². The van der Waals surface area contributed by atoms with Crippen LogP contribution in [0.3, 0.4) is 0 Å². The van der Waals surface area contributed by atoms with Gasteiger partial charge >= 0.3 is 0 Å². The smallest absolute Gasteiger partial charge is 0.227 e. The van der Waals surface area contributed by atoms with Crippen LogP contribution in [-0.2, 0) is 16.0 Å². The summed E-state index contributed by atoms with van der Waals surface area (Å²) in [6.07, 6.45) is 0.862. The third-order valence-electron chi connectivity index (χ3n) is 3.55. The highest BCUT2D eigenvalue weighted by Gasteiger charge is 2.35. The minimum absolute atomic E-state index is 0.0960. The molecule has 0 bridgehead atoms. The van der Waals surface area contributed by atoms with Crippen molar-refractivity contribution in [2.45, 2.75) is 26.7 Å². The molecule has 1 aliphatic rings. The number of carbonyl (C=O) groups is 2. The predicted octanol–water partition coefficient (Wildman–Crippen LogP) is 2.82. The number of benzene rings is 1. The van der Waals surface area contributed by atoms with Gasteiger partial charge in [-0.25, -0.2) is 0 Å². The Balaban J connectivity index is 2.03. The molecule has 0 aliphatic carbocycles. The van der Waals surface area contributed by atoms with Gasteiger partial charge in [0.05, 0.1) is 6.42 Å². The van der Waals surface area contributed by atoms with Crippen molar-refractivity contribution in [2.75, 3.05) is 13.1 Å². The average molecular weight is 324 g/mol. The Hall–Kier alpha value is -1.16. The molecule has 1 aromatic rings. The number of halogens is 1. The van der Waals surface area contributed by atoms with Gasteiger partial charge in [0.25, 0.3) is 0 Å². The van der Waals surface area contributed by atoms with Crippen LogP contribution in [0.2, 0.25) is 0 Å². The van der Waals surface area contributed by atoms with E-state index >= 15 is 0 Å². The second-order valence-corrected chi connectivity index (χ2v) is 6.59. The summed E-state index contributed by atoms with van der Waals surface area (Å²) in [5.41, 5.74) is 0.583. The molecule has 0 radical (unpaired) electrons. The number of likely N-dealkylation sites (tertiary alicyclic amines) is 1. The van der Waals surface area contributed by atoms with Gasteiger partial charge in [-0.1, -0.05) is 41.9 Å². The van der Waals surface area contributed by atoms with Gasteiger partial charge in [0.1, 0.15) is 5.78 Å². The maximum atomic E-state index is 12.3. The van der Waals surface area contributed by atoms with Crippen LogP contribution in [0, 0.1) is 5.41 Å². The van der Waals surface area contributed by atoms with E-state index in [2.05, 4.69) is 15.9 Å². The number of amides is 1. The van der Waals surface area contributed by atoms with E-state index in [9.17, 15) is 9.59 Å². The Morgan fingerprint density at radius 2 is 2.16 bits per heavy atom. The Bertz CT molecular complexity index is 511. The summed E-state index contributed by atoms with van der Waals surface area (Å²) in [4.78, 5) is 25.8. The molecular formula is C15H18BrNO2. The first-order valence-electron chi connectivity index (χ1n) is 6.44. The fourth-order valence-electron chi connectivity index (χ4n) is 2.37. The zero-order valence-electron chi connectivity index (χ0n) is 11.3. The van der Waals surface area contributed by atoms with Crippen LogP contribution in [0.15, 0.2) is 28.7 Å². The van der Waals surface area contributed by atoms with Crippen LogP contribution >= 0.6 is 15.9 Å². The fourth-order valence-corrected chi connectivity index (χ4v) is 2.81. The lowest BCUT2D eigenvalue weighted by molar-refractivity contribution is -0.140. The number of carbonyl (C=O) groups excluding carboxylic acids is 2. The highest BCUT2D eigenvalue weighted by Crippen LogP contribution is 2.25. The van der Waals surface area contributed by atoms with E-state index in [-0.39, 0.29) is 11.7 Å². The van der Waals surface area contributed by atoms with Crippen LogP contribution < -0.4 is 0 Å². The molecule has 102 valence electrons. The molecule has 2 rings (SSSR count). The Morgan fingerprint density at radius 1 is 1.42 bits per heavy atom. The second kappa shape index (κ2) is 5.45. The zero-order valence-corrected chi connectivity index (χ0v) is 12.9. The van der Waals surface area contributed by atoms with Crippen molar-refractivity contribution in [3.05, 3.63) is 34.3 Å². The first-order chi connectivity index (χ1) is 8.88. The largest absolute Gasteiger partial charge is 0.341 e. The van der Waals surface area contributed by atoms with Gasteiger partial charge in [0.2, 0.25) is 5.91 Å². The monoisotopic (exact) mass is 323 g/mol. The van der Waals surface area contributed by atoms with Crippen molar-refractivity contribution in [1.29, 1.82) is 0 Å². The summed E-state index contributed by atoms with van der Waals surface area (Å²) in [6.45, 7) is 4.90. The van der Waals surface area contributed by atoms with Gasteiger partial charge in [-0.05, 0) is 17.7 Å². The fraction of sp³-hybridized carbons (Fsp3) is 0.467. The number of rotatable bonds is 2. The van der Waals surface area contributed by atoms with Crippen LogP contribution in [0.4, 0.5) is 0 Å². The van der Waals surface area contributed by atoms with E-state index in [0.717, 1.165) is 10.0 Å². The van der Waals surface area contributed by atoms with Crippen molar-refractivity contribution in [2.24, 2.45) is 5.41 Å². The van der Waals surface area contributed by atoms with Gasteiger partial charge < -0.3 is 4.90 Å². The summed E-state index contributed by atoms with van der Waals surface area (Å²) in [5.74, 6) is 0.345. The van der Waals surface area contributed by atoms with E-state index in [1.807, 2.05) is 43.0 Å². The molecule has 0 aromatic heterocycles. The van der Waals surface area contributed by atoms with Crippen molar-refractivity contribution in [3.8, 4) is 0 Å². The SMILES string of the molecule is CC1(C)CN(C(=O)Cc2cccc(Br)c2)CCC1=O. The number of hydrogen-bond acceptors (Lipinski definition) is 2. The second-order valence-electron chi connectivity index (χ2n) is 5.68. The number of ketones is 1. The zero-order chi connectivity index (χ0) is 14.0. The molecular weight excluding hydrogens is 306 g/mol. The van der Waals surface area contributed by atoms with Crippen molar-refractivity contribution in [3.63, 3.8) is 0 Å². The first-order valence-corrected chi connectivity index (χ1v) is 7.23. The molecule has 0 N–H and O–H groups in total. The lowest BCUT2D eigenvalue weighted by Gasteiger charge is -2.36. The summed E-state index contributed by atoms with van der Waals surface area (Å²) in [7, 11) is 0. The molecule has 0 atom stereocenters. The van der Waals surface area contributed by atoms with E-state index in [0.29, 0.717) is 25.9 Å². The molecule has 1 saturated heterocycles. The third kappa shape index (κ3) is 3.44. The molecule has 1 amide bonds. The topological polar surface area (TPSA) is 37.4 Å². The van der Waals surface area contributed by atoms with Crippen LogP contribution in [0.5, 0.6) is 0 Å². The Kier molecular flexibility index (Phi) is 4.09. The lowest BCUT2D eigenvalue weighted by atomic mass is 9.82. The summed E-state index contributed by atoms with van der Waals surface area (Å²) in [5, 5.41) is 0. The van der Waals surface area contributed by atoms with Gasteiger partial charge in [-0.3, -0.25) is 9.59 Å². The minimum Gasteiger partial charge on any atom is -0.341 e. The van der Waals surface area contributed by atoms with Crippen LogP contribution in [0.1, 0.15) is 25.8 Å². The molecule has 19 heavy (non-hydrogen) atoms. The number of hydrogen-bond donors (Lipinski definition) is 0. The summed E-state index contributed by atoms with van der Waals surface area (Å²) in [6, 6.07) is 7.77. The van der Waals surface area contributed by atoms with Gasteiger partial charge in [0.15, 0.2) is 0 Å². The molecule has 3 nitrogen and oxygen atoms in total. The first kappa shape index (κ1) is 14.3. The summed E-state index contributed by atoms with van der Waals surface area (Å²) >= 11 is 3.40. The van der Waals surface area contributed by atoms with E-state index in [4.69, 9.17) is 0 Å². The van der Waals surface area contributed by atoms with Crippen LogP contribution in [0.25, 0.3) is 0 Å². The Morgan fingerprint density at radius 3 is 2.79 bits per heavy atom. The number of nitrogens with zero attached hydrogens (tertiary/aromatic N) is 1. The number of Topliss-reactive ketones (excluding diaryl/α,β-unsaturated/α-hetero) is 1. The maximum absolute atomic E-state index is 12.3. The van der Waals surface area contributed by atoms with Crippen LogP contribution in [-0.4, -0.2) is 29.7 Å². The van der Waals surface area contributed by atoms with Gasteiger partial charge in [-0.15, -0.1) is 0 Å². The van der Waals surface area contributed by atoms with E-state index < -0.39 is 5.41 Å². The molecule has 1 aliphatic heterocycles. The lowest BCUT2D eigenvalue weighted by Crippen LogP contribution is -2.49. The molecule has 0 unspecified atom stereocenters. The molecule has 1 fully saturated rings. The quantitative estimate of drug-likeness (QED) is 0.839. The normalized spacial score (nSPS) is 18.5. The molecule has 0 spiro atoms. The van der Waals surface area contributed by atoms with E-state index in [1.165, 1.54) is 0 Å². The van der Waals surface area contributed by atoms with Gasteiger partial charge in [-0.2, -0.15) is 0 Å². The van der Waals surface area contributed by atoms with E-state index in [1.54, 1.807) is 0 Å². The van der Waals surface area contributed by atoms with Crippen molar-refractivity contribution >= 4 is 27.6 Å². The summed E-state index contributed by atoms with van der Waals surface area (Å²) < 4.78 is 0.979. The number of piperidine rings is 1. The molecule has 1 aromatic carbocycles. The standard InChI is InChI=1S/C15H18BrNO2/c1-15(2)10-17(7-6-13(15)18)14(19)9-11-4-3-5-12(16)8-11/h3-5,8H,6-7,9-10H2,1-2H3. The minimum atomic E-state index is -0.412. The average Bonchev–Trinajstić information content (AvgIpc) is 2.32. The highest BCUT2D eigenvalue weighted by atomic mass is 79.9. The van der Waals surface area contributed by atoms with Crippen molar-refractivity contribution < 1.29 is 9.59 Å². The van der Waals surface area contributed by atoms with Gasteiger partial charge in [0, 0.05) is 29.4 Å². The predicted molar refractivity (Wildman–Crippen MR) is 77.8 cm³/mol. The molecule has 0 saturated carbocycles. The highest BCUT2D eigenvalue weighted by molar-refractivity contribution is 9.10. The third-order valence-corrected chi connectivity index (χ3v) is 4.04. The van der Waals surface area contributed by atoms with Crippen molar-refractivity contribution in [1.82, 2.24) is 4.90 Å². The molecule has 4 heteroatoms. The molecule has 1 heterocycles.